The van der Waals surface area contributed by atoms with Gasteiger partial charge in [0.1, 0.15) is 18.1 Å². The van der Waals surface area contributed by atoms with Crippen LogP contribution in [0.15, 0.2) is 78.4 Å². The van der Waals surface area contributed by atoms with Gasteiger partial charge in [0.05, 0.1) is 32.4 Å². The average molecular weight is 504 g/mol. The van der Waals surface area contributed by atoms with E-state index >= 15 is 0 Å². The van der Waals surface area contributed by atoms with E-state index in [1.54, 1.807) is 42.5 Å². The second-order valence-corrected chi connectivity index (χ2v) is 8.40. The summed E-state index contributed by atoms with van der Waals surface area (Å²) in [5.41, 5.74) is 1.93. The van der Waals surface area contributed by atoms with E-state index in [1.165, 1.54) is 26.2 Å². The number of aliphatic hydroxyl groups is 1. The molecule has 1 amide bonds. The van der Waals surface area contributed by atoms with E-state index in [2.05, 4.69) is 0 Å². The number of nitrogens with zero attached hydrogens (tertiary/aromatic N) is 1. The van der Waals surface area contributed by atoms with Gasteiger partial charge in [-0.05, 0) is 35.4 Å². The topological polar surface area (TPSA) is 94.5 Å². The number of carbonyl (C=O) groups is 2. The zero-order valence-corrected chi connectivity index (χ0v) is 21.0. The molecule has 192 valence electrons. The standard InChI is InChI=1S/C29H29NO7/c1-34-15-14-30-26(25(28(32)29(30)33)27(31)21-10-7-11-22(16-21)35-2)20-12-13-23(24(17-20)36-3)37-18-19-8-5-4-6-9-19/h4-13,16-17,26,31H,14-15,18H2,1-3H3/b27-25+. The Balaban J connectivity index is 1.76. The van der Waals surface area contributed by atoms with Crippen molar-refractivity contribution in [3.8, 4) is 17.2 Å². The van der Waals surface area contributed by atoms with E-state index in [1.807, 2.05) is 30.3 Å². The predicted octanol–water partition coefficient (Wildman–Crippen LogP) is 4.35. The van der Waals surface area contributed by atoms with Crippen LogP contribution in [0.5, 0.6) is 17.2 Å². The third kappa shape index (κ3) is 5.44. The van der Waals surface area contributed by atoms with Gasteiger partial charge in [0.2, 0.25) is 0 Å². The molecule has 1 atom stereocenters. The molecule has 37 heavy (non-hydrogen) atoms. The first-order valence-electron chi connectivity index (χ1n) is 11.7. The van der Waals surface area contributed by atoms with Crippen LogP contribution >= 0.6 is 0 Å². The number of carbonyl (C=O) groups excluding carboxylic acids is 2. The largest absolute Gasteiger partial charge is 0.507 e. The maximum atomic E-state index is 13.2. The Morgan fingerprint density at radius 3 is 2.38 bits per heavy atom. The molecule has 8 heteroatoms. The molecule has 8 nitrogen and oxygen atoms in total. The number of ether oxygens (including phenoxy) is 4. The van der Waals surface area contributed by atoms with Crippen LogP contribution in [-0.4, -0.2) is 56.2 Å². The van der Waals surface area contributed by atoms with Crippen LogP contribution in [0, 0.1) is 0 Å². The van der Waals surface area contributed by atoms with Crippen LogP contribution < -0.4 is 14.2 Å². The molecule has 1 N–H and O–H groups in total. The van der Waals surface area contributed by atoms with Gasteiger partial charge in [-0.15, -0.1) is 0 Å². The zero-order valence-electron chi connectivity index (χ0n) is 21.0. The number of hydrogen-bond acceptors (Lipinski definition) is 7. The smallest absolute Gasteiger partial charge is 0.295 e. The molecule has 1 fully saturated rings. The number of rotatable bonds is 10. The summed E-state index contributed by atoms with van der Waals surface area (Å²) in [5, 5.41) is 11.2. The molecule has 3 aromatic rings. The second kappa shape index (κ2) is 11.6. The molecule has 0 spiro atoms. The third-order valence-electron chi connectivity index (χ3n) is 6.16. The summed E-state index contributed by atoms with van der Waals surface area (Å²) in [6.45, 7) is 0.728. The van der Waals surface area contributed by atoms with Crippen LogP contribution in [0.2, 0.25) is 0 Å². The molecule has 0 aromatic heterocycles. The van der Waals surface area contributed by atoms with Gasteiger partial charge in [-0.2, -0.15) is 0 Å². The van der Waals surface area contributed by atoms with Crippen molar-refractivity contribution in [3.05, 3.63) is 95.1 Å². The molecule has 0 radical (unpaired) electrons. The van der Waals surface area contributed by atoms with E-state index in [0.29, 0.717) is 35.0 Å². The van der Waals surface area contributed by atoms with E-state index < -0.39 is 17.7 Å². The maximum Gasteiger partial charge on any atom is 0.295 e. The Morgan fingerprint density at radius 2 is 1.68 bits per heavy atom. The predicted molar refractivity (Wildman–Crippen MR) is 138 cm³/mol. The molecule has 1 aliphatic heterocycles. The molecule has 4 rings (SSSR count). The number of Topliss-reactive ketones (excluding diaryl/α,β-unsaturated/α-hetero) is 1. The van der Waals surface area contributed by atoms with Crippen molar-refractivity contribution in [1.82, 2.24) is 4.90 Å². The fraction of sp³-hybridized carbons (Fsp3) is 0.241. The Kier molecular flexibility index (Phi) is 8.10. The van der Waals surface area contributed by atoms with Crippen molar-refractivity contribution in [2.24, 2.45) is 0 Å². The summed E-state index contributed by atoms with van der Waals surface area (Å²) < 4.78 is 22.0. The zero-order chi connectivity index (χ0) is 26.4. The molecule has 0 saturated carbocycles. The molecule has 1 saturated heterocycles. The van der Waals surface area contributed by atoms with Crippen LogP contribution in [0.3, 0.4) is 0 Å². The average Bonchev–Trinajstić information content (AvgIpc) is 3.19. The molecular weight excluding hydrogens is 474 g/mol. The van der Waals surface area contributed by atoms with Gasteiger partial charge in [-0.1, -0.05) is 48.5 Å². The lowest BCUT2D eigenvalue weighted by Gasteiger charge is -2.25. The van der Waals surface area contributed by atoms with Crippen LogP contribution in [0.25, 0.3) is 5.76 Å². The normalized spacial score (nSPS) is 16.6. The molecule has 1 unspecified atom stereocenters. The van der Waals surface area contributed by atoms with Crippen molar-refractivity contribution < 1.29 is 33.6 Å². The highest BCUT2D eigenvalue weighted by molar-refractivity contribution is 6.46. The van der Waals surface area contributed by atoms with Crippen molar-refractivity contribution in [1.29, 1.82) is 0 Å². The Morgan fingerprint density at radius 1 is 0.892 bits per heavy atom. The van der Waals surface area contributed by atoms with Gasteiger partial charge in [-0.3, -0.25) is 9.59 Å². The van der Waals surface area contributed by atoms with Gasteiger partial charge in [0, 0.05) is 19.2 Å². The van der Waals surface area contributed by atoms with Crippen LogP contribution in [0.4, 0.5) is 0 Å². The summed E-state index contributed by atoms with van der Waals surface area (Å²) in [7, 11) is 4.55. The highest BCUT2D eigenvalue weighted by Crippen LogP contribution is 2.42. The first-order chi connectivity index (χ1) is 18.0. The monoisotopic (exact) mass is 503 g/mol. The quantitative estimate of drug-likeness (QED) is 0.250. The first kappa shape index (κ1) is 25.8. The number of hydrogen-bond donors (Lipinski definition) is 1. The Hall–Kier alpha value is -4.30. The molecular formula is C29H29NO7. The number of likely N-dealkylation sites (tertiary alicyclic amines) is 1. The number of amides is 1. The molecule has 3 aromatic carbocycles. The maximum absolute atomic E-state index is 13.2. The van der Waals surface area contributed by atoms with Gasteiger partial charge in [-0.25, -0.2) is 0 Å². The second-order valence-electron chi connectivity index (χ2n) is 8.40. The lowest BCUT2D eigenvalue weighted by atomic mass is 9.95. The van der Waals surface area contributed by atoms with Crippen molar-refractivity contribution in [2.45, 2.75) is 12.6 Å². The van der Waals surface area contributed by atoms with E-state index in [4.69, 9.17) is 18.9 Å². The minimum absolute atomic E-state index is 0.0191. The van der Waals surface area contributed by atoms with Gasteiger partial charge >= 0.3 is 0 Å². The Labute approximate surface area is 215 Å². The molecule has 0 bridgehead atoms. The lowest BCUT2D eigenvalue weighted by Crippen LogP contribution is -2.32. The summed E-state index contributed by atoms with van der Waals surface area (Å²) in [5.74, 6) is -0.315. The number of ketones is 1. The van der Waals surface area contributed by atoms with E-state index in [9.17, 15) is 14.7 Å². The Bertz CT molecular complexity index is 1300. The van der Waals surface area contributed by atoms with E-state index in [-0.39, 0.29) is 24.5 Å². The summed E-state index contributed by atoms with van der Waals surface area (Å²) in [4.78, 5) is 27.6. The summed E-state index contributed by atoms with van der Waals surface area (Å²) in [6.07, 6.45) is 0. The molecule has 1 aliphatic rings. The van der Waals surface area contributed by atoms with Crippen LogP contribution in [0.1, 0.15) is 22.7 Å². The molecule has 1 heterocycles. The van der Waals surface area contributed by atoms with Gasteiger partial charge < -0.3 is 29.0 Å². The molecule has 0 aliphatic carbocycles. The van der Waals surface area contributed by atoms with Gasteiger partial charge in [0.25, 0.3) is 11.7 Å². The third-order valence-corrected chi connectivity index (χ3v) is 6.16. The van der Waals surface area contributed by atoms with Crippen molar-refractivity contribution in [2.75, 3.05) is 34.5 Å². The number of methoxy groups -OCH3 is 3. The summed E-state index contributed by atoms with van der Waals surface area (Å²) in [6, 6.07) is 20.8. The first-order valence-corrected chi connectivity index (χ1v) is 11.7. The summed E-state index contributed by atoms with van der Waals surface area (Å²) >= 11 is 0. The minimum Gasteiger partial charge on any atom is -0.507 e. The van der Waals surface area contributed by atoms with E-state index in [0.717, 1.165) is 5.56 Å². The van der Waals surface area contributed by atoms with Crippen LogP contribution in [-0.2, 0) is 20.9 Å². The van der Waals surface area contributed by atoms with Crippen molar-refractivity contribution in [3.63, 3.8) is 0 Å². The van der Waals surface area contributed by atoms with Crippen molar-refractivity contribution >= 4 is 17.4 Å². The highest BCUT2D eigenvalue weighted by atomic mass is 16.5. The SMILES string of the molecule is COCCN1C(=O)C(=O)/C(=C(/O)c2cccc(OC)c2)C1c1ccc(OCc2ccccc2)c(OC)c1. The highest BCUT2D eigenvalue weighted by Gasteiger charge is 2.46. The number of aliphatic hydroxyl groups excluding tert-OH is 1. The fourth-order valence-corrected chi connectivity index (χ4v) is 4.28. The minimum atomic E-state index is -0.849. The fourth-order valence-electron chi connectivity index (χ4n) is 4.28. The lowest BCUT2D eigenvalue weighted by molar-refractivity contribution is -0.140. The van der Waals surface area contributed by atoms with Gasteiger partial charge in [0.15, 0.2) is 11.5 Å². The number of benzene rings is 3.